The first-order valence-corrected chi connectivity index (χ1v) is 2.48. The second-order valence-corrected chi connectivity index (χ2v) is 1.72. The molecule has 0 spiro atoms. The van der Waals surface area contributed by atoms with Crippen molar-refractivity contribution in [2.24, 2.45) is 0 Å². The Balaban J connectivity index is 3.17. The van der Waals surface area contributed by atoms with Crippen LogP contribution in [0.4, 0.5) is 8.87 Å². The van der Waals surface area contributed by atoms with Gasteiger partial charge in [-0.25, -0.2) is 0 Å². The minimum Gasteiger partial charge on any atom is -0.115 e. The predicted molar refractivity (Wildman–Crippen MR) is 25.9 cm³/mol. The van der Waals surface area contributed by atoms with E-state index in [0.29, 0.717) is 0 Å². The van der Waals surface area contributed by atoms with Crippen LogP contribution in [0.25, 0.3) is 0 Å². The molecule has 0 saturated carbocycles. The van der Waals surface area contributed by atoms with E-state index in [1.165, 1.54) is 0 Å². The summed E-state index contributed by atoms with van der Waals surface area (Å²) in [7, 11) is 0. The molecule has 2 nitrogen and oxygen atoms in total. The van der Waals surface area contributed by atoms with E-state index < -0.39 is 6.08 Å². The Bertz CT molecular complexity index is 228. The molecule has 1 heterocycles. The first kappa shape index (κ1) is 6.35. The number of halogens is 3. The third kappa shape index (κ3) is 1.32. The summed E-state index contributed by atoms with van der Waals surface area (Å²) in [6.45, 7) is 0. The van der Waals surface area contributed by atoms with Gasteiger partial charge in [-0.3, -0.25) is 0 Å². The molecule has 0 N–H and O–H groups in total. The van der Waals surface area contributed by atoms with Gasteiger partial charge >= 0.3 is 6.08 Å². The lowest BCUT2D eigenvalue weighted by Gasteiger charge is -1.79. The minimum absolute atomic E-state index is 0.0681. The third-order valence-corrected chi connectivity index (χ3v) is 0.929. The summed E-state index contributed by atoms with van der Waals surface area (Å²) in [5, 5.41) is -0.0681. The van der Waals surface area contributed by atoms with Crippen molar-refractivity contribution >= 4 is 11.6 Å². The van der Waals surface area contributed by atoms with Crippen LogP contribution in [0, 0.1) is 6.08 Å². The van der Waals surface area contributed by atoms with Gasteiger partial charge in [0.2, 0.25) is 5.15 Å². The predicted octanol–water partition coefficient (Wildman–Crippen LogP) is 0.894. The van der Waals surface area contributed by atoms with Crippen molar-refractivity contribution in [3.8, 4) is 0 Å². The lowest BCUT2D eigenvalue weighted by molar-refractivity contribution is -0.868. The first-order chi connectivity index (χ1) is 4.20. The van der Waals surface area contributed by atoms with Gasteiger partial charge in [-0.05, 0) is 16.4 Å². The Morgan fingerprint density at radius 2 is 2.33 bits per heavy atom. The van der Waals surface area contributed by atoms with E-state index in [1.54, 1.807) is 0 Å². The molecule has 5 heteroatoms. The summed E-state index contributed by atoms with van der Waals surface area (Å²) < 4.78 is 23.9. The zero-order valence-corrected chi connectivity index (χ0v) is 4.94. The van der Waals surface area contributed by atoms with Crippen LogP contribution in [0.1, 0.15) is 0 Å². The highest BCUT2D eigenvalue weighted by atomic mass is 35.5. The SMILES string of the molecule is Fc1nc(Cl)cc[n+]1F. The molecule has 0 atom stereocenters. The van der Waals surface area contributed by atoms with Crippen LogP contribution in [0.2, 0.25) is 5.15 Å². The molecule has 0 aliphatic rings. The maximum absolute atomic E-state index is 12.0. The highest BCUT2D eigenvalue weighted by molar-refractivity contribution is 6.29. The van der Waals surface area contributed by atoms with E-state index >= 15 is 0 Å². The third-order valence-electron chi connectivity index (χ3n) is 0.718. The lowest BCUT2D eigenvalue weighted by atomic mass is 10.7. The zero-order valence-electron chi connectivity index (χ0n) is 4.18. The molecule has 0 saturated heterocycles. The minimum atomic E-state index is -1.25. The molecule has 1 aromatic heterocycles. The topological polar surface area (TPSA) is 16.8 Å². The largest absolute Gasteiger partial charge is 0.526 e. The van der Waals surface area contributed by atoms with Gasteiger partial charge in [0.25, 0.3) is 0 Å². The average Bonchev–Trinajstić information content (AvgIpc) is 1.80. The van der Waals surface area contributed by atoms with Crippen molar-refractivity contribution in [1.29, 1.82) is 0 Å². The van der Waals surface area contributed by atoms with E-state index in [1.807, 2.05) is 0 Å². The summed E-state index contributed by atoms with van der Waals surface area (Å²) in [5.41, 5.74) is 0. The molecule has 0 fully saturated rings. The summed E-state index contributed by atoms with van der Waals surface area (Å²) >= 11 is 5.19. The van der Waals surface area contributed by atoms with Gasteiger partial charge in [0.05, 0.1) is 0 Å². The molecular weight excluding hydrogens is 150 g/mol. The summed E-state index contributed by atoms with van der Waals surface area (Å²) in [4.78, 5) is 2.70. The first-order valence-electron chi connectivity index (χ1n) is 2.10. The van der Waals surface area contributed by atoms with Gasteiger partial charge < -0.3 is 0 Å². The van der Waals surface area contributed by atoms with Crippen LogP contribution in [0.15, 0.2) is 12.3 Å². The molecule has 0 aromatic carbocycles. The van der Waals surface area contributed by atoms with Gasteiger partial charge in [0, 0.05) is 15.5 Å². The maximum atomic E-state index is 12.0. The normalized spacial score (nSPS) is 9.67. The Morgan fingerprint density at radius 3 is 2.78 bits per heavy atom. The standard InChI is InChI=1S/C4H2ClF2N2/c5-3-1-2-9(7)4(6)8-3/h1-2H/q+1. The number of rotatable bonds is 0. The van der Waals surface area contributed by atoms with Crippen LogP contribution in [-0.2, 0) is 0 Å². The molecule has 1 rings (SSSR count). The smallest absolute Gasteiger partial charge is 0.115 e. The highest BCUT2D eigenvalue weighted by Crippen LogP contribution is 1.99. The quantitative estimate of drug-likeness (QED) is 0.398. The summed E-state index contributed by atoms with van der Waals surface area (Å²) in [6, 6.07) is 1.14. The van der Waals surface area contributed by atoms with Crippen molar-refractivity contribution in [3.63, 3.8) is 0 Å². The Morgan fingerprint density at radius 1 is 1.67 bits per heavy atom. The van der Waals surface area contributed by atoms with Gasteiger partial charge in [-0.2, -0.15) is 0 Å². The van der Waals surface area contributed by atoms with Gasteiger partial charge in [-0.1, -0.05) is 0 Å². The maximum Gasteiger partial charge on any atom is 0.526 e. The van der Waals surface area contributed by atoms with Crippen molar-refractivity contribution < 1.29 is 13.7 Å². The Kier molecular flexibility index (Phi) is 1.57. The molecule has 0 aliphatic carbocycles. The van der Waals surface area contributed by atoms with Crippen LogP contribution in [-0.4, -0.2) is 4.98 Å². The van der Waals surface area contributed by atoms with E-state index in [2.05, 4.69) is 4.98 Å². The molecule has 0 aliphatic heterocycles. The van der Waals surface area contributed by atoms with E-state index in [0.717, 1.165) is 12.3 Å². The number of nitrogens with zero attached hydrogens (tertiary/aromatic N) is 2. The van der Waals surface area contributed by atoms with Gasteiger partial charge in [-0.15, -0.1) is 4.39 Å². The monoisotopic (exact) mass is 151 g/mol. The molecular formula is C4H2ClF2N2+. The van der Waals surface area contributed by atoms with E-state index in [9.17, 15) is 8.87 Å². The summed E-state index contributed by atoms with van der Waals surface area (Å²) in [6.07, 6.45) is -0.410. The van der Waals surface area contributed by atoms with Crippen LogP contribution < -0.4 is 4.79 Å². The molecule has 0 bridgehead atoms. The van der Waals surface area contributed by atoms with Crippen molar-refractivity contribution in [2.75, 3.05) is 0 Å². The molecule has 0 amide bonds. The lowest BCUT2D eigenvalue weighted by Crippen LogP contribution is -2.28. The molecule has 0 unspecified atom stereocenters. The highest BCUT2D eigenvalue weighted by Gasteiger charge is 2.11. The van der Waals surface area contributed by atoms with Gasteiger partial charge in [0.1, 0.15) is 6.20 Å². The second kappa shape index (κ2) is 2.23. The van der Waals surface area contributed by atoms with Crippen molar-refractivity contribution in [3.05, 3.63) is 23.5 Å². The molecule has 9 heavy (non-hydrogen) atoms. The number of hydrogen-bond acceptors (Lipinski definition) is 1. The van der Waals surface area contributed by atoms with E-state index in [4.69, 9.17) is 11.6 Å². The van der Waals surface area contributed by atoms with Crippen LogP contribution >= 0.6 is 11.6 Å². The Labute approximate surface area is 54.7 Å². The fourth-order valence-corrected chi connectivity index (χ4v) is 0.488. The summed E-state index contributed by atoms with van der Waals surface area (Å²) in [5.74, 6) is 0. The average molecular weight is 152 g/mol. The van der Waals surface area contributed by atoms with Crippen molar-refractivity contribution in [1.82, 2.24) is 4.98 Å². The van der Waals surface area contributed by atoms with Crippen LogP contribution in [0.3, 0.4) is 0 Å². The number of hydrogen-bond donors (Lipinski definition) is 0. The zero-order chi connectivity index (χ0) is 6.85. The van der Waals surface area contributed by atoms with Gasteiger partial charge in [0.15, 0.2) is 0 Å². The fourth-order valence-electron chi connectivity index (χ4n) is 0.362. The fraction of sp³-hybridized carbons (Fsp3) is 0. The molecule has 1 aromatic rings. The number of aromatic nitrogens is 2. The van der Waals surface area contributed by atoms with Crippen LogP contribution in [0.5, 0.6) is 0 Å². The molecule has 0 radical (unpaired) electrons. The van der Waals surface area contributed by atoms with Crippen molar-refractivity contribution in [2.45, 2.75) is 0 Å². The molecule has 48 valence electrons. The Hall–Kier alpha value is -0.770. The second-order valence-electron chi connectivity index (χ2n) is 1.33. The van der Waals surface area contributed by atoms with E-state index in [-0.39, 0.29) is 9.94 Å².